The lowest BCUT2D eigenvalue weighted by Crippen LogP contribution is -2.21. The van der Waals surface area contributed by atoms with Crippen LogP contribution in [0.15, 0.2) is 12.3 Å². The third kappa shape index (κ3) is 7.10. The first-order valence-electron chi connectivity index (χ1n) is 3.76. The normalized spacial score (nSPS) is 10.9. The molecular weight excluding hydrogens is 138 g/mol. The largest absolute Gasteiger partial charge is 0.331 e. The molecule has 0 aliphatic carbocycles. The first kappa shape index (κ1) is 10.2. The maximum Gasteiger partial charge on any atom is 0.220 e. The van der Waals surface area contributed by atoms with E-state index >= 15 is 0 Å². The molecule has 2 heteroatoms. The average molecular weight is 155 g/mol. The van der Waals surface area contributed by atoms with Crippen molar-refractivity contribution in [2.24, 2.45) is 5.41 Å². The molecule has 2 nitrogen and oxygen atoms in total. The van der Waals surface area contributed by atoms with Crippen molar-refractivity contribution in [2.75, 3.05) is 0 Å². The fourth-order valence-corrected chi connectivity index (χ4v) is 0.933. The van der Waals surface area contributed by atoms with E-state index in [-0.39, 0.29) is 11.3 Å². The summed E-state index contributed by atoms with van der Waals surface area (Å²) in [6.45, 7) is 11.6. The van der Waals surface area contributed by atoms with Gasteiger partial charge in [-0.15, -0.1) is 0 Å². The summed E-state index contributed by atoms with van der Waals surface area (Å²) in [5.74, 6) is -0.0424. The summed E-state index contributed by atoms with van der Waals surface area (Å²) in [7, 11) is 0. The third-order valence-electron chi connectivity index (χ3n) is 1.10. The van der Waals surface area contributed by atoms with Gasteiger partial charge in [0.1, 0.15) is 0 Å². The number of carbonyl (C=O) groups excluding carboxylic acids is 1. The number of allylic oxidation sites excluding steroid dienone is 1. The van der Waals surface area contributed by atoms with Crippen molar-refractivity contribution in [1.29, 1.82) is 0 Å². The zero-order valence-corrected chi connectivity index (χ0v) is 7.82. The molecule has 0 aliphatic rings. The highest BCUT2D eigenvalue weighted by atomic mass is 16.1. The van der Waals surface area contributed by atoms with E-state index in [2.05, 4.69) is 32.7 Å². The van der Waals surface area contributed by atoms with Gasteiger partial charge in [0.25, 0.3) is 0 Å². The minimum atomic E-state index is -0.0424. The Labute approximate surface area is 68.7 Å². The van der Waals surface area contributed by atoms with E-state index in [1.54, 1.807) is 0 Å². The van der Waals surface area contributed by atoms with Gasteiger partial charge in [-0.05, 0) is 11.8 Å². The first-order valence-corrected chi connectivity index (χ1v) is 3.76. The molecule has 0 aromatic carbocycles. The standard InChI is InChI=1S/C9H17NO/c1-7(10-8(2)11)6-9(3,4)5/h1,6H2,2-5H3,(H,10,11). The topological polar surface area (TPSA) is 29.1 Å². The van der Waals surface area contributed by atoms with Crippen molar-refractivity contribution in [2.45, 2.75) is 34.1 Å². The summed E-state index contributed by atoms with van der Waals surface area (Å²) in [6, 6.07) is 0. The molecule has 0 saturated carbocycles. The van der Waals surface area contributed by atoms with Crippen LogP contribution in [0.1, 0.15) is 34.1 Å². The Balaban J connectivity index is 3.80. The van der Waals surface area contributed by atoms with Gasteiger partial charge in [-0.1, -0.05) is 27.4 Å². The van der Waals surface area contributed by atoms with Crippen LogP contribution in [0.4, 0.5) is 0 Å². The lowest BCUT2D eigenvalue weighted by atomic mass is 9.91. The lowest BCUT2D eigenvalue weighted by molar-refractivity contribution is -0.118. The van der Waals surface area contributed by atoms with E-state index in [0.29, 0.717) is 0 Å². The Morgan fingerprint density at radius 2 is 1.91 bits per heavy atom. The molecule has 0 heterocycles. The predicted molar refractivity (Wildman–Crippen MR) is 47.0 cm³/mol. The maximum absolute atomic E-state index is 10.6. The van der Waals surface area contributed by atoms with E-state index in [4.69, 9.17) is 0 Å². The van der Waals surface area contributed by atoms with Gasteiger partial charge < -0.3 is 5.32 Å². The SMILES string of the molecule is C=C(CC(C)(C)C)NC(C)=O. The van der Waals surface area contributed by atoms with E-state index < -0.39 is 0 Å². The zero-order chi connectivity index (χ0) is 9.07. The molecule has 0 aliphatic heterocycles. The van der Waals surface area contributed by atoms with Crippen LogP contribution in [0, 0.1) is 5.41 Å². The van der Waals surface area contributed by atoms with Crippen LogP contribution in [0.25, 0.3) is 0 Å². The van der Waals surface area contributed by atoms with E-state index in [1.807, 2.05) is 0 Å². The molecule has 0 unspecified atom stereocenters. The Hall–Kier alpha value is -0.790. The number of carbonyl (C=O) groups is 1. The van der Waals surface area contributed by atoms with Crippen molar-refractivity contribution in [3.63, 3.8) is 0 Å². The Morgan fingerprint density at radius 3 is 2.18 bits per heavy atom. The summed E-state index contributed by atoms with van der Waals surface area (Å²) in [5, 5.41) is 2.67. The highest BCUT2D eigenvalue weighted by Crippen LogP contribution is 2.21. The minimum absolute atomic E-state index is 0.0424. The van der Waals surface area contributed by atoms with Crippen LogP contribution in [0.2, 0.25) is 0 Å². The molecule has 64 valence electrons. The molecule has 11 heavy (non-hydrogen) atoms. The molecule has 0 spiro atoms. The molecule has 0 aromatic rings. The van der Waals surface area contributed by atoms with Crippen molar-refractivity contribution in [1.82, 2.24) is 5.32 Å². The van der Waals surface area contributed by atoms with Crippen molar-refractivity contribution in [3.8, 4) is 0 Å². The summed E-state index contributed by atoms with van der Waals surface area (Å²) in [6.07, 6.45) is 0.826. The molecular formula is C9H17NO. The van der Waals surface area contributed by atoms with Gasteiger partial charge in [-0.2, -0.15) is 0 Å². The number of hydrogen-bond donors (Lipinski definition) is 1. The molecule has 0 radical (unpaired) electrons. The van der Waals surface area contributed by atoms with Crippen LogP contribution in [-0.4, -0.2) is 5.91 Å². The second-order valence-corrected chi connectivity index (χ2v) is 4.02. The second kappa shape index (κ2) is 3.56. The van der Waals surface area contributed by atoms with E-state index in [9.17, 15) is 4.79 Å². The highest BCUT2D eigenvalue weighted by Gasteiger charge is 2.11. The second-order valence-electron chi connectivity index (χ2n) is 4.02. The van der Waals surface area contributed by atoms with Crippen molar-refractivity contribution < 1.29 is 4.79 Å². The monoisotopic (exact) mass is 155 g/mol. The molecule has 1 N–H and O–H groups in total. The van der Waals surface area contributed by atoms with Gasteiger partial charge in [0.15, 0.2) is 0 Å². The third-order valence-corrected chi connectivity index (χ3v) is 1.10. The number of hydrogen-bond acceptors (Lipinski definition) is 1. The van der Waals surface area contributed by atoms with Gasteiger partial charge in [-0.25, -0.2) is 0 Å². The molecule has 1 amide bonds. The van der Waals surface area contributed by atoms with Gasteiger partial charge in [0.05, 0.1) is 0 Å². The van der Waals surface area contributed by atoms with Crippen LogP contribution >= 0.6 is 0 Å². The predicted octanol–water partition coefficient (Wildman–Crippen LogP) is 2.07. The van der Waals surface area contributed by atoms with Gasteiger partial charge >= 0.3 is 0 Å². The van der Waals surface area contributed by atoms with Gasteiger partial charge in [0.2, 0.25) is 5.91 Å². The summed E-state index contributed by atoms with van der Waals surface area (Å²) in [5.41, 5.74) is 0.990. The number of amides is 1. The summed E-state index contributed by atoms with van der Waals surface area (Å²) < 4.78 is 0. The average Bonchev–Trinajstić information content (AvgIpc) is 1.53. The summed E-state index contributed by atoms with van der Waals surface area (Å²) >= 11 is 0. The van der Waals surface area contributed by atoms with Gasteiger partial charge in [-0.3, -0.25) is 4.79 Å². The number of rotatable bonds is 2. The van der Waals surface area contributed by atoms with Crippen LogP contribution < -0.4 is 5.32 Å². The van der Waals surface area contributed by atoms with Crippen LogP contribution in [0.5, 0.6) is 0 Å². The summed E-state index contributed by atoms with van der Waals surface area (Å²) in [4.78, 5) is 10.6. The van der Waals surface area contributed by atoms with Crippen LogP contribution in [0.3, 0.4) is 0 Å². The molecule has 0 bridgehead atoms. The fourth-order valence-electron chi connectivity index (χ4n) is 0.933. The zero-order valence-electron chi connectivity index (χ0n) is 7.82. The van der Waals surface area contributed by atoms with Crippen molar-refractivity contribution >= 4 is 5.91 Å². The smallest absolute Gasteiger partial charge is 0.220 e. The number of nitrogens with one attached hydrogen (secondary N) is 1. The molecule has 0 fully saturated rings. The van der Waals surface area contributed by atoms with Crippen molar-refractivity contribution in [3.05, 3.63) is 12.3 Å². The van der Waals surface area contributed by atoms with Crippen LogP contribution in [-0.2, 0) is 4.79 Å². The van der Waals surface area contributed by atoms with E-state index in [1.165, 1.54) is 6.92 Å². The molecule has 0 saturated heterocycles. The van der Waals surface area contributed by atoms with Gasteiger partial charge in [0, 0.05) is 12.6 Å². The minimum Gasteiger partial charge on any atom is -0.331 e. The van der Waals surface area contributed by atoms with E-state index in [0.717, 1.165) is 12.1 Å². The molecule has 0 aromatic heterocycles. The maximum atomic E-state index is 10.6. The highest BCUT2D eigenvalue weighted by molar-refractivity contribution is 5.74. The Bertz CT molecular complexity index is 165. The Morgan fingerprint density at radius 1 is 1.45 bits per heavy atom. The molecule has 0 atom stereocenters. The first-order chi connectivity index (χ1) is 4.81. The lowest BCUT2D eigenvalue weighted by Gasteiger charge is -2.19. The fraction of sp³-hybridized carbons (Fsp3) is 0.667. The Kier molecular flexibility index (Phi) is 3.30. The molecule has 0 rings (SSSR count). The quantitative estimate of drug-likeness (QED) is 0.650.